The van der Waals surface area contributed by atoms with Crippen LogP contribution in [0.5, 0.6) is 0 Å². The van der Waals surface area contributed by atoms with Crippen LogP contribution in [-0.2, 0) is 20.9 Å². The van der Waals surface area contributed by atoms with Crippen molar-refractivity contribution in [2.45, 2.75) is 31.6 Å². The van der Waals surface area contributed by atoms with Crippen molar-refractivity contribution in [2.24, 2.45) is 11.8 Å². The molecule has 1 aromatic heterocycles. The van der Waals surface area contributed by atoms with Crippen LogP contribution in [0.4, 0.5) is 10.2 Å². The van der Waals surface area contributed by atoms with E-state index in [1.165, 1.54) is 15.6 Å². The number of carbonyl (C=O) groups excluding carboxylic acids is 2. The number of aromatic nitrogens is 2. The molecule has 3 aliphatic rings. The number of carbonyl (C=O) groups is 2. The van der Waals surface area contributed by atoms with Crippen molar-refractivity contribution >= 4 is 17.6 Å². The topological polar surface area (TPSA) is 64.4 Å². The second-order valence-electron chi connectivity index (χ2n) is 6.82. The number of hydrogen-bond acceptors (Lipinski definition) is 4. The van der Waals surface area contributed by atoms with E-state index < -0.39 is 0 Å². The zero-order valence-corrected chi connectivity index (χ0v) is 13.3. The molecule has 3 fully saturated rings. The van der Waals surface area contributed by atoms with E-state index in [0.717, 1.165) is 12.8 Å². The summed E-state index contributed by atoms with van der Waals surface area (Å²) >= 11 is 0. The lowest BCUT2D eigenvalue weighted by Crippen LogP contribution is -2.34. The number of fused-ring (bicyclic) bond motifs is 5. The molecule has 0 spiro atoms. The van der Waals surface area contributed by atoms with E-state index in [2.05, 4.69) is 5.10 Å². The minimum atomic E-state index is -0.372. The van der Waals surface area contributed by atoms with E-state index in [1.54, 1.807) is 30.5 Å². The number of hydrogen-bond donors (Lipinski definition) is 0. The van der Waals surface area contributed by atoms with Crippen LogP contribution in [0.2, 0.25) is 0 Å². The molecular formula is C18H16FN3O3. The molecule has 0 saturated carbocycles. The van der Waals surface area contributed by atoms with Gasteiger partial charge in [0.2, 0.25) is 11.8 Å². The van der Waals surface area contributed by atoms with E-state index in [-0.39, 0.29) is 48.2 Å². The average Bonchev–Trinajstić information content (AvgIpc) is 3.35. The molecule has 2 aromatic rings. The van der Waals surface area contributed by atoms with Crippen LogP contribution in [0, 0.1) is 17.7 Å². The van der Waals surface area contributed by atoms with Crippen molar-refractivity contribution in [3.05, 3.63) is 47.9 Å². The summed E-state index contributed by atoms with van der Waals surface area (Å²) in [5.74, 6) is -1.20. The van der Waals surface area contributed by atoms with Crippen LogP contribution in [-0.4, -0.2) is 33.8 Å². The maximum absolute atomic E-state index is 13.8. The highest BCUT2D eigenvalue weighted by Crippen LogP contribution is 2.49. The first-order valence-electron chi connectivity index (χ1n) is 8.43. The number of anilines is 1. The summed E-state index contributed by atoms with van der Waals surface area (Å²) in [5, 5.41) is 4.32. The maximum atomic E-state index is 13.8. The van der Waals surface area contributed by atoms with Gasteiger partial charge in [0.15, 0.2) is 5.82 Å². The Bertz CT molecular complexity index is 852. The van der Waals surface area contributed by atoms with E-state index in [1.807, 2.05) is 0 Å². The fourth-order valence-corrected chi connectivity index (χ4v) is 4.30. The highest BCUT2D eigenvalue weighted by atomic mass is 19.1. The highest BCUT2D eigenvalue weighted by Gasteiger charge is 2.63. The Morgan fingerprint density at radius 3 is 2.44 bits per heavy atom. The summed E-state index contributed by atoms with van der Waals surface area (Å²) in [4.78, 5) is 26.6. The number of nitrogens with zero attached hydrogens (tertiary/aromatic N) is 3. The zero-order valence-electron chi connectivity index (χ0n) is 13.3. The van der Waals surface area contributed by atoms with Gasteiger partial charge in [-0.3, -0.25) is 14.3 Å². The first kappa shape index (κ1) is 14.8. The molecule has 0 N–H and O–H groups in total. The molecule has 7 heteroatoms. The number of halogens is 1. The van der Waals surface area contributed by atoms with Gasteiger partial charge >= 0.3 is 0 Å². The van der Waals surface area contributed by atoms with Crippen LogP contribution in [0.1, 0.15) is 18.4 Å². The fraction of sp³-hybridized carbons (Fsp3) is 0.389. The molecule has 1 aromatic carbocycles. The van der Waals surface area contributed by atoms with E-state index in [4.69, 9.17) is 4.74 Å². The molecule has 5 rings (SSSR count). The van der Waals surface area contributed by atoms with Crippen LogP contribution < -0.4 is 4.90 Å². The Morgan fingerprint density at radius 2 is 1.76 bits per heavy atom. The number of ether oxygens (including phenoxy) is 1. The van der Waals surface area contributed by atoms with Crippen molar-refractivity contribution in [1.29, 1.82) is 0 Å². The maximum Gasteiger partial charge on any atom is 0.241 e. The van der Waals surface area contributed by atoms with Crippen molar-refractivity contribution in [1.82, 2.24) is 9.78 Å². The van der Waals surface area contributed by atoms with Crippen molar-refractivity contribution < 1.29 is 18.7 Å². The Labute approximate surface area is 143 Å². The number of benzene rings is 1. The Kier molecular flexibility index (Phi) is 3.09. The highest BCUT2D eigenvalue weighted by molar-refractivity contribution is 6.22. The van der Waals surface area contributed by atoms with Crippen LogP contribution in [0.25, 0.3) is 0 Å². The molecule has 4 heterocycles. The summed E-state index contributed by atoms with van der Waals surface area (Å²) < 4.78 is 21.0. The van der Waals surface area contributed by atoms with Gasteiger partial charge in [-0.1, -0.05) is 18.2 Å². The van der Waals surface area contributed by atoms with Crippen LogP contribution in [0.3, 0.4) is 0 Å². The van der Waals surface area contributed by atoms with Crippen LogP contribution >= 0.6 is 0 Å². The van der Waals surface area contributed by atoms with Gasteiger partial charge in [0.05, 0.1) is 30.6 Å². The summed E-state index contributed by atoms with van der Waals surface area (Å²) in [5.41, 5.74) is 0.500. The van der Waals surface area contributed by atoms with Gasteiger partial charge in [-0.15, -0.1) is 0 Å². The van der Waals surface area contributed by atoms with E-state index >= 15 is 0 Å². The molecule has 25 heavy (non-hydrogen) atoms. The first-order valence-corrected chi connectivity index (χ1v) is 8.43. The molecular weight excluding hydrogens is 325 g/mol. The predicted molar refractivity (Wildman–Crippen MR) is 85.1 cm³/mol. The minimum Gasteiger partial charge on any atom is -0.373 e. The van der Waals surface area contributed by atoms with Crippen LogP contribution in [0.15, 0.2) is 36.5 Å². The predicted octanol–water partition coefficient (Wildman–Crippen LogP) is 1.74. The van der Waals surface area contributed by atoms with Gasteiger partial charge in [-0.05, 0) is 18.9 Å². The van der Waals surface area contributed by atoms with E-state index in [0.29, 0.717) is 11.4 Å². The normalized spacial score (nSPS) is 30.4. The molecule has 2 amide bonds. The average molecular weight is 341 g/mol. The monoisotopic (exact) mass is 341 g/mol. The molecule has 128 valence electrons. The third kappa shape index (κ3) is 2.08. The largest absolute Gasteiger partial charge is 0.373 e. The summed E-state index contributed by atoms with van der Waals surface area (Å²) in [6.07, 6.45) is 3.04. The lowest BCUT2D eigenvalue weighted by Gasteiger charge is -2.15. The van der Waals surface area contributed by atoms with Gasteiger partial charge < -0.3 is 4.74 Å². The second-order valence-corrected chi connectivity index (χ2v) is 6.82. The first-order chi connectivity index (χ1) is 12.1. The molecule has 0 aliphatic carbocycles. The smallest absolute Gasteiger partial charge is 0.241 e. The third-order valence-electron chi connectivity index (χ3n) is 5.43. The summed E-state index contributed by atoms with van der Waals surface area (Å²) in [6, 6.07) is 8.09. The molecule has 2 bridgehead atoms. The van der Waals surface area contributed by atoms with Gasteiger partial charge in [0.25, 0.3) is 0 Å². The Hall–Kier alpha value is -2.54. The summed E-state index contributed by atoms with van der Waals surface area (Å²) in [7, 11) is 0. The quantitative estimate of drug-likeness (QED) is 0.798. The van der Waals surface area contributed by atoms with Gasteiger partial charge in [-0.2, -0.15) is 5.10 Å². The van der Waals surface area contributed by atoms with Gasteiger partial charge in [0, 0.05) is 17.8 Å². The minimum absolute atomic E-state index is 0.142. The number of amides is 2. The molecule has 0 unspecified atom stereocenters. The lowest BCUT2D eigenvalue weighted by atomic mass is 9.81. The Morgan fingerprint density at radius 1 is 1.08 bits per heavy atom. The van der Waals surface area contributed by atoms with Crippen molar-refractivity contribution in [3.63, 3.8) is 0 Å². The molecule has 4 atom stereocenters. The molecule has 3 saturated heterocycles. The zero-order chi connectivity index (χ0) is 17.1. The number of rotatable bonds is 3. The molecule has 3 aliphatic heterocycles. The van der Waals surface area contributed by atoms with Crippen molar-refractivity contribution in [3.8, 4) is 0 Å². The summed E-state index contributed by atoms with van der Waals surface area (Å²) in [6.45, 7) is 0.240. The van der Waals surface area contributed by atoms with Gasteiger partial charge in [0.1, 0.15) is 5.82 Å². The van der Waals surface area contributed by atoms with Crippen molar-refractivity contribution in [2.75, 3.05) is 4.90 Å². The fourth-order valence-electron chi connectivity index (χ4n) is 4.30. The second kappa shape index (κ2) is 5.23. The van der Waals surface area contributed by atoms with E-state index in [9.17, 15) is 14.0 Å². The molecule has 0 radical (unpaired) electrons. The number of imide groups is 1. The SMILES string of the molecule is O=C1[C@H]2[C@H](C(=O)N1c1ccn(Cc3ccccc3F)n1)[C@H]1CC[C@H]2O1. The Balaban J connectivity index is 1.41. The standard InChI is InChI=1S/C18H16FN3O3/c19-11-4-2-1-3-10(11)9-21-8-7-14(20-21)22-17(23)15-12-5-6-13(25-12)16(15)18(22)24/h1-4,7-8,12-13,15-16H,5-6,9H2/t12-,13-,15-,16-/m1/s1. The third-order valence-corrected chi connectivity index (χ3v) is 5.43. The lowest BCUT2D eigenvalue weighted by molar-refractivity contribution is -0.124. The van der Waals surface area contributed by atoms with Gasteiger partial charge in [-0.25, -0.2) is 9.29 Å². The molecule has 6 nitrogen and oxygen atoms in total.